The van der Waals surface area contributed by atoms with Crippen molar-refractivity contribution >= 4 is 0 Å². The zero-order valence-electron chi connectivity index (χ0n) is 9.04. The van der Waals surface area contributed by atoms with E-state index in [2.05, 4.69) is 13.5 Å². The molecule has 14 heavy (non-hydrogen) atoms. The van der Waals surface area contributed by atoms with Crippen LogP contribution >= 0.6 is 0 Å². The lowest BCUT2D eigenvalue weighted by Gasteiger charge is -2.55. The Morgan fingerprint density at radius 1 is 1.43 bits per heavy atom. The molecule has 3 aliphatic rings. The number of allylic oxidation sites excluding steroid dienone is 1. The molecule has 78 valence electrons. The van der Waals surface area contributed by atoms with Crippen LogP contribution in [0.5, 0.6) is 0 Å². The Balaban J connectivity index is 1.72. The number of hydrogen-bond donors (Lipinski definition) is 0. The summed E-state index contributed by atoms with van der Waals surface area (Å²) in [5, 5.41) is 0. The number of ether oxygens (including phenoxy) is 1. The first-order valence-corrected chi connectivity index (χ1v) is 6.03. The van der Waals surface area contributed by atoms with Crippen molar-refractivity contribution in [2.75, 3.05) is 0 Å². The lowest BCUT2D eigenvalue weighted by atomic mass is 9.68. The van der Waals surface area contributed by atoms with Gasteiger partial charge >= 0.3 is 0 Å². The van der Waals surface area contributed by atoms with Gasteiger partial charge in [-0.15, -0.1) is 6.58 Å². The van der Waals surface area contributed by atoms with Crippen molar-refractivity contribution in [3.05, 3.63) is 12.7 Å². The van der Waals surface area contributed by atoms with Gasteiger partial charge in [0.2, 0.25) is 0 Å². The van der Waals surface area contributed by atoms with E-state index >= 15 is 0 Å². The van der Waals surface area contributed by atoms with Crippen LogP contribution < -0.4 is 0 Å². The van der Waals surface area contributed by atoms with Gasteiger partial charge in [-0.05, 0) is 50.9 Å². The van der Waals surface area contributed by atoms with Gasteiger partial charge in [0.15, 0.2) is 0 Å². The molecule has 3 rings (SSSR count). The predicted octanol–water partition coefficient (Wildman–Crippen LogP) is 3.16. The second kappa shape index (κ2) is 2.85. The van der Waals surface area contributed by atoms with Crippen LogP contribution in [-0.4, -0.2) is 11.7 Å². The summed E-state index contributed by atoms with van der Waals surface area (Å²) in [4.78, 5) is 0. The number of fused-ring (bicyclic) bond motifs is 5. The van der Waals surface area contributed by atoms with Gasteiger partial charge in [0, 0.05) is 5.92 Å². The molecule has 2 saturated carbocycles. The molecule has 2 bridgehead atoms. The standard InChI is InChI=1S/C13H20O/c1-3-4-7-13(2)11-9-5-6-10(8-9)12(11)14-13/h3,9-12H,1,4-8H2,2H3/t9-,10+,11+,12-,13-/m0/s1. The molecule has 0 aromatic rings. The Kier molecular flexibility index (Phi) is 1.82. The summed E-state index contributed by atoms with van der Waals surface area (Å²) in [6.07, 6.45) is 9.32. The van der Waals surface area contributed by atoms with E-state index in [1.807, 2.05) is 6.08 Å². The second-order valence-corrected chi connectivity index (χ2v) is 5.58. The number of hydrogen-bond acceptors (Lipinski definition) is 1. The summed E-state index contributed by atoms with van der Waals surface area (Å²) in [5.41, 5.74) is 0.207. The van der Waals surface area contributed by atoms with Crippen molar-refractivity contribution in [2.45, 2.75) is 50.7 Å². The van der Waals surface area contributed by atoms with E-state index in [4.69, 9.17) is 4.74 Å². The van der Waals surface area contributed by atoms with Gasteiger partial charge in [-0.25, -0.2) is 0 Å². The van der Waals surface area contributed by atoms with E-state index in [1.165, 1.54) is 25.7 Å². The fourth-order valence-electron chi connectivity index (χ4n) is 4.19. The maximum Gasteiger partial charge on any atom is 0.0717 e. The molecule has 0 amide bonds. The summed E-state index contributed by atoms with van der Waals surface area (Å²) in [6.45, 7) is 6.12. The quantitative estimate of drug-likeness (QED) is 0.624. The smallest absolute Gasteiger partial charge is 0.0717 e. The second-order valence-electron chi connectivity index (χ2n) is 5.58. The Hall–Kier alpha value is -0.300. The highest BCUT2D eigenvalue weighted by Crippen LogP contribution is 2.62. The molecule has 1 saturated heterocycles. The molecule has 0 spiro atoms. The van der Waals surface area contributed by atoms with Crippen molar-refractivity contribution in [1.82, 2.24) is 0 Å². The van der Waals surface area contributed by atoms with E-state index < -0.39 is 0 Å². The first kappa shape index (κ1) is 8.96. The van der Waals surface area contributed by atoms with Gasteiger partial charge in [-0.1, -0.05) is 6.08 Å². The summed E-state index contributed by atoms with van der Waals surface area (Å²) >= 11 is 0. The third kappa shape index (κ3) is 0.995. The molecule has 1 heteroatoms. The number of rotatable bonds is 3. The topological polar surface area (TPSA) is 9.23 Å². The Morgan fingerprint density at radius 3 is 2.93 bits per heavy atom. The highest BCUT2D eigenvalue weighted by molar-refractivity contribution is 5.12. The minimum Gasteiger partial charge on any atom is -0.371 e. The van der Waals surface area contributed by atoms with Crippen LogP contribution in [0.15, 0.2) is 12.7 Å². The normalized spacial score (nSPS) is 54.1. The molecule has 0 radical (unpaired) electrons. The van der Waals surface area contributed by atoms with Gasteiger partial charge in [-0.3, -0.25) is 0 Å². The minimum absolute atomic E-state index is 0.207. The molecule has 2 aliphatic carbocycles. The molecule has 1 nitrogen and oxygen atoms in total. The van der Waals surface area contributed by atoms with Crippen molar-refractivity contribution in [2.24, 2.45) is 17.8 Å². The fraction of sp³-hybridized carbons (Fsp3) is 0.846. The first-order chi connectivity index (χ1) is 6.74. The molecule has 1 heterocycles. The molecule has 0 aromatic carbocycles. The molecule has 0 N–H and O–H groups in total. The highest BCUT2D eigenvalue weighted by Gasteiger charge is 2.63. The molecule has 0 aromatic heterocycles. The molecule has 1 aliphatic heterocycles. The van der Waals surface area contributed by atoms with Crippen LogP contribution in [0.3, 0.4) is 0 Å². The first-order valence-electron chi connectivity index (χ1n) is 6.03. The van der Waals surface area contributed by atoms with Gasteiger partial charge in [0.05, 0.1) is 11.7 Å². The molecule has 0 unspecified atom stereocenters. The molecule has 5 atom stereocenters. The van der Waals surface area contributed by atoms with Crippen molar-refractivity contribution in [1.29, 1.82) is 0 Å². The zero-order valence-corrected chi connectivity index (χ0v) is 9.04. The van der Waals surface area contributed by atoms with Crippen LogP contribution in [-0.2, 0) is 4.74 Å². The van der Waals surface area contributed by atoms with E-state index in [-0.39, 0.29) is 5.60 Å². The van der Waals surface area contributed by atoms with E-state index in [0.29, 0.717) is 6.10 Å². The van der Waals surface area contributed by atoms with Crippen LogP contribution in [0, 0.1) is 17.8 Å². The maximum absolute atomic E-state index is 6.14. The largest absolute Gasteiger partial charge is 0.371 e. The highest BCUT2D eigenvalue weighted by atomic mass is 16.5. The van der Waals surface area contributed by atoms with Crippen LogP contribution in [0.1, 0.15) is 39.0 Å². The average molecular weight is 192 g/mol. The fourth-order valence-corrected chi connectivity index (χ4v) is 4.19. The van der Waals surface area contributed by atoms with Crippen molar-refractivity contribution < 1.29 is 4.74 Å². The van der Waals surface area contributed by atoms with E-state index in [0.717, 1.165) is 24.2 Å². The van der Waals surface area contributed by atoms with E-state index in [9.17, 15) is 0 Å². The Morgan fingerprint density at radius 2 is 2.21 bits per heavy atom. The molecule has 3 fully saturated rings. The van der Waals surface area contributed by atoms with Gasteiger partial charge in [-0.2, -0.15) is 0 Å². The Labute approximate surface area is 86.5 Å². The minimum atomic E-state index is 0.207. The monoisotopic (exact) mass is 192 g/mol. The van der Waals surface area contributed by atoms with Crippen LogP contribution in [0.25, 0.3) is 0 Å². The van der Waals surface area contributed by atoms with E-state index in [1.54, 1.807) is 0 Å². The van der Waals surface area contributed by atoms with Gasteiger partial charge < -0.3 is 4.74 Å². The third-order valence-corrected chi connectivity index (χ3v) is 4.80. The summed E-state index contributed by atoms with van der Waals surface area (Å²) in [6, 6.07) is 0. The Bertz CT molecular complexity index is 258. The molecular weight excluding hydrogens is 172 g/mol. The predicted molar refractivity (Wildman–Crippen MR) is 57.0 cm³/mol. The lowest BCUT2D eigenvalue weighted by Crippen LogP contribution is -2.60. The summed E-state index contributed by atoms with van der Waals surface area (Å²) in [7, 11) is 0. The van der Waals surface area contributed by atoms with Crippen molar-refractivity contribution in [3.8, 4) is 0 Å². The van der Waals surface area contributed by atoms with Crippen LogP contribution in [0.4, 0.5) is 0 Å². The average Bonchev–Trinajstić information content (AvgIpc) is 2.69. The van der Waals surface area contributed by atoms with Gasteiger partial charge in [0.1, 0.15) is 0 Å². The SMILES string of the molecule is C=CCC[C@]1(C)O[C@H]2[C@@H]3CC[C@@H](C3)[C@H]21. The maximum atomic E-state index is 6.14. The zero-order chi connectivity index (χ0) is 9.76. The van der Waals surface area contributed by atoms with Gasteiger partial charge in [0.25, 0.3) is 0 Å². The third-order valence-electron chi connectivity index (χ3n) is 4.80. The van der Waals surface area contributed by atoms with Crippen LogP contribution in [0.2, 0.25) is 0 Å². The summed E-state index contributed by atoms with van der Waals surface area (Å²) in [5.74, 6) is 2.80. The van der Waals surface area contributed by atoms with Crippen molar-refractivity contribution in [3.63, 3.8) is 0 Å². The summed E-state index contributed by atoms with van der Waals surface area (Å²) < 4.78 is 6.14. The molecular formula is C13H20O. The lowest BCUT2D eigenvalue weighted by molar-refractivity contribution is -0.270.